The Kier molecular flexibility index (Phi) is 12.9. The number of aliphatic hydroxyl groups is 1. The first-order chi connectivity index (χ1) is 7.77. The van der Waals surface area contributed by atoms with Crippen molar-refractivity contribution in [2.75, 3.05) is 13.2 Å². The van der Waals surface area contributed by atoms with E-state index >= 15 is 0 Å². The Hall–Kier alpha value is -0.0800. The zero-order valence-electron chi connectivity index (χ0n) is 10.9. The first-order valence-corrected chi connectivity index (χ1v) is 6.86. The van der Waals surface area contributed by atoms with Gasteiger partial charge in [-0.15, -0.1) is 0 Å². The summed E-state index contributed by atoms with van der Waals surface area (Å²) in [7, 11) is 0. The molecule has 0 bridgehead atoms. The molecular weight excluding hydrogens is 200 g/mol. The van der Waals surface area contributed by atoms with Gasteiger partial charge in [-0.05, 0) is 13.3 Å². The third-order valence-corrected chi connectivity index (χ3v) is 2.70. The molecule has 0 rings (SSSR count). The number of hydrogen-bond donors (Lipinski definition) is 1. The van der Waals surface area contributed by atoms with Crippen molar-refractivity contribution >= 4 is 0 Å². The van der Waals surface area contributed by atoms with Gasteiger partial charge in [-0.25, -0.2) is 0 Å². The second kappa shape index (κ2) is 13.0. The van der Waals surface area contributed by atoms with Crippen LogP contribution in [0.2, 0.25) is 0 Å². The number of unbranched alkanes of at least 4 members (excludes halogenated alkanes) is 8. The number of rotatable bonds is 12. The van der Waals surface area contributed by atoms with Crippen LogP contribution in [-0.2, 0) is 4.74 Å². The summed E-state index contributed by atoms with van der Waals surface area (Å²) in [5, 5.41) is 8.86. The van der Waals surface area contributed by atoms with Gasteiger partial charge in [0.05, 0.1) is 12.7 Å². The van der Waals surface area contributed by atoms with Crippen molar-refractivity contribution in [1.29, 1.82) is 0 Å². The monoisotopic (exact) mass is 229 g/mol. The topological polar surface area (TPSA) is 29.5 Å². The maximum Gasteiger partial charge on any atom is 0.0774 e. The van der Waals surface area contributed by atoms with Crippen LogP contribution in [0.25, 0.3) is 0 Å². The summed E-state index contributed by atoms with van der Waals surface area (Å²) >= 11 is 0. The summed E-state index contributed by atoms with van der Waals surface area (Å²) in [6.45, 7) is 6.84. The molecule has 1 unspecified atom stereocenters. The molecule has 0 amide bonds. The van der Waals surface area contributed by atoms with Crippen LogP contribution in [-0.4, -0.2) is 24.4 Å². The average molecular weight is 229 g/mol. The Morgan fingerprint density at radius 3 is 1.94 bits per heavy atom. The summed E-state index contributed by atoms with van der Waals surface area (Å²) < 4.78 is 5.24. The molecule has 0 aromatic carbocycles. The highest BCUT2D eigenvalue weighted by Gasteiger charge is 1.95. The number of hydrogen-bond acceptors (Lipinski definition) is 2. The maximum atomic E-state index is 8.86. The second-order valence-electron chi connectivity index (χ2n) is 4.56. The highest BCUT2D eigenvalue weighted by atomic mass is 16.5. The lowest BCUT2D eigenvalue weighted by atomic mass is 10.1. The fraction of sp³-hybridized carbons (Fsp3) is 0.929. The summed E-state index contributed by atoms with van der Waals surface area (Å²) in [4.78, 5) is 0. The molecule has 1 atom stereocenters. The van der Waals surface area contributed by atoms with Crippen molar-refractivity contribution in [2.24, 2.45) is 0 Å². The van der Waals surface area contributed by atoms with Crippen LogP contribution < -0.4 is 0 Å². The molecule has 0 aliphatic rings. The van der Waals surface area contributed by atoms with Crippen LogP contribution in [0.1, 0.15) is 64.7 Å². The van der Waals surface area contributed by atoms with Crippen molar-refractivity contribution in [2.45, 2.75) is 70.8 Å². The van der Waals surface area contributed by atoms with Crippen LogP contribution in [0, 0.1) is 6.92 Å². The molecule has 16 heavy (non-hydrogen) atoms. The van der Waals surface area contributed by atoms with E-state index in [2.05, 4.69) is 13.8 Å². The fourth-order valence-corrected chi connectivity index (χ4v) is 1.73. The van der Waals surface area contributed by atoms with E-state index in [4.69, 9.17) is 9.84 Å². The van der Waals surface area contributed by atoms with E-state index in [9.17, 15) is 0 Å². The van der Waals surface area contributed by atoms with Crippen LogP contribution >= 0.6 is 0 Å². The van der Waals surface area contributed by atoms with Crippen LogP contribution in [0.3, 0.4) is 0 Å². The largest absolute Gasteiger partial charge is 0.391 e. The summed E-state index contributed by atoms with van der Waals surface area (Å²) in [6.07, 6.45) is 11.4. The highest BCUT2D eigenvalue weighted by Crippen LogP contribution is 2.09. The fourth-order valence-electron chi connectivity index (χ4n) is 1.73. The molecule has 0 aliphatic heterocycles. The summed E-state index contributed by atoms with van der Waals surface area (Å²) in [6, 6.07) is 0. The Bertz CT molecular complexity index is 124. The molecule has 0 fully saturated rings. The Balaban J connectivity index is 2.88. The zero-order chi connectivity index (χ0) is 12.1. The van der Waals surface area contributed by atoms with E-state index in [0.717, 1.165) is 13.0 Å². The van der Waals surface area contributed by atoms with Crippen molar-refractivity contribution in [3.05, 3.63) is 6.92 Å². The van der Waals surface area contributed by atoms with Crippen molar-refractivity contribution < 1.29 is 9.84 Å². The first-order valence-electron chi connectivity index (χ1n) is 6.86. The molecule has 2 heteroatoms. The predicted molar refractivity (Wildman–Crippen MR) is 69.4 cm³/mol. The third kappa shape index (κ3) is 13.9. The minimum absolute atomic E-state index is 0.372. The molecule has 2 nitrogen and oxygen atoms in total. The van der Waals surface area contributed by atoms with Crippen molar-refractivity contribution in [1.82, 2.24) is 0 Å². The zero-order valence-corrected chi connectivity index (χ0v) is 10.9. The number of aliphatic hydroxyl groups excluding tert-OH is 1. The predicted octanol–water partition coefficient (Wildman–Crippen LogP) is 3.73. The van der Waals surface area contributed by atoms with E-state index < -0.39 is 6.10 Å². The van der Waals surface area contributed by atoms with Crippen molar-refractivity contribution in [3.8, 4) is 0 Å². The van der Waals surface area contributed by atoms with Gasteiger partial charge in [-0.3, -0.25) is 0 Å². The van der Waals surface area contributed by atoms with E-state index in [1.807, 2.05) is 0 Å². The van der Waals surface area contributed by atoms with Gasteiger partial charge >= 0.3 is 0 Å². The average Bonchev–Trinajstić information content (AvgIpc) is 2.25. The van der Waals surface area contributed by atoms with Gasteiger partial charge in [-0.1, -0.05) is 58.3 Å². The SMILES string of the molecule is [CH2]C(O)COCCCCCCCCCCC. The molecule has 0 saturated heterocycles. The molecule has 0 spiro atoms. The molecule has 1 radical (unpaired) electrons. The van der Waals surface area contributed by atoms with Gasteiger partial charge in [-0.2, -0.15) is 0 Å². The van der Waals surface area contributed by atoms with Crippen LogP contribution in [0.15, 0.2) is 0 Å². The van der Waals surface area contributed by atoms with Gasteiger partial charge in [0.1, 0.15) is 0 Å². The standard InChI is InChI=1S/C14H29O2/c1-3-4-5-6-7-8-9-10-11-12-16-13-14(2)15/h14-15H,2-13H2,1H3. The quantitative estimate of drug-likeness (QED) is 0.517. The number of ether oxygens (including phenoxy) is 1. The Morgan fingerprint density at radius 2 is 1.44 bits per heavy atom. The van der Waals surface area contributed by atoms with Gasteiger partial charge in [0.25, 0.3) is 0 Å². The minimum atomic E-state index is -0.571. The Labute approximate surface area is 101 Å². The smallest absolute Gasteiger partial charge is 0.0774 e. The van der Waals surface area contributed by atoms with E-state index in [1.54, 1.807) is 0 Å². The molecule has 0 aromatic rings. The Morgan fingerprint density at radius 1 is 0.938 bits per heavy atom. The lowest BCUT2D eigenvalue weighted by Crippen LogP contribution is -2.11. The van der Waals surface area contributed by atoms with Crippen molar-refractivity contribution in [3.63, 3.8) is 0 Å². The third-order valence-electron chi connectivity index (χ3n) is 2.70. The van der Waals surface area contributed by atoms with Crippen LogP contribution in [0.5, 0.6) is 0 Å². The van der Waals surface area contributed by atoms with Gasteiger partial charge in [0.2, 0.25) is 0 Å². The minimum Gasteiger partial charge on any atom is -0.391 e. The van der Waals surface area contributed by atoms with E-state index in [0.29, 0.717) is 6.61 Å². The lowest BCUT2D eigenvalue weighted by Gasteiger charge is -2.05. The normalized spacial score (nSPS) is 12.9. The summed E-state index contributed by atoms with van der Waals surface area (Å²) in [5.41, 5.74) is 0. The maximum absolute atomic E-state index is 8.86. The van der Waals surface area contributed by atoms with Crippen LogP contribution in [0.4, 0.5) is 0 Å². The molecular formula is C14H29O2. The van der Waals surface area contributed by atoms with E-state index in [-0.39, 0.29) is 0 Å². The van der Waals surface area contributed by atoms with Gasteiger partial charge in [0, 0.05) is 6.61 Å². The first kappa shape index (κ1) is 15.9. The molecule has 0 heterocycles. The lowest BCUT2D eigenvalue weighted by molar-refractivity contribution is 0.0564. The highest BCUT2D eigenvalue weighted by molar-refractivity contribution is 4.53. The molecule has 0 aromatic heterocycles. The van der Waals surface area contributed by atoms with E-state index in [1.165, 1.54) is 51.4 Å². The molecule has 1 N–H and O–H groups in total. The molecule has 0 aliphatic carbocycles. The van der Waals surface area contributed by atoms with Gasteiger partial charge in [0.15, 0.2) is 0 Å². The summed E-state index contributed by atoms with van der Waals surface area (Å²) in [5.74, 6) is 0. The molecule has 97 valence electrons. The van der Waals surface area contributed by atoms with Gasteiger partial charge < -0.3 is 9.84 Å². The second-order valence-corrected chi connectivity index (χ2v) is 4.56. The molecule has 0 saturated carbocycles.